The lowest BCUT2D eigenvalue weighted by molar-refractivity contribution is 0.465. The summed E-state index contributed by atoms with van der Waals surface area (Å²) in [6.07, 6.45) is 0.872. The average molecular weight is 304 g/mol. The highest BCUT2D eigenvalue weighted by Gasteiger charge is 2.18. The molecule has 2 nitrogen and oxygen atoms in total. The van der Waals surface area contributed by atoms with E-state index in [2.05, 4.69) is 6.92 Å². The largest absolute Gasteiger partial charge is 0.508 e. The summed E-state index contributed by atoms with van der Waals surface area (Å²) in [5.41, 5.74) is 3.86. The van der Waals surface area contributed by atoms with Gasteiger partial charge in [0.25, 0.3) is 0 Å². The van der Waals surface area contributed by atoms with Gasteiger partial charge in [-0.2, -0.15) is 0 Å². The molecule has 0 aliphatic carbocycles. The van der Waals surface area contributed by atoms with E-state index in [0.29, 0.717) is 5.75 Å². The third-order valence-corrected chi connectivity index (χ3v) is 4.23. The molecule has 0 spiro atoms. The summed E-state index contributed by atoms with van der Waals surface area (Å²) in [6.45, 7) is 2.10. The molecule has 1 atom stereocenters. The SMILES string of the molecule is CCC(c1ccc(O)cc1)c1cccc(-c2ccccc2)c1O. The molecule has 0 saturated carbocycles. The average Bonchev–Trinajstić information content (AvgIpc) is 2.59. The van der Waals surface area contributed by atoms with Crippen LogP contribution >= 0.6 is 0 Å². The molecule has 2 heteroatoms. The molecule has 0 fully saturated rings. The highest BCUT2D eigenvalue weighted by Crippen LogP contribution is 2.39. The van der Waals surface area contributed by atoms with E-state index in [4.69, 9.17) is 0 Å². The van der Waals surface area contributed by atoms with Crippen LogP contribution in [-0.4, -0.2) is 10.2 Å². The molecule has 23 heavy (non-hydrogen) atoms. The number of aromatic hydroxyl groups is 2. The molecule has 3 rings (SSSR count). The van der Waals surface area contributed by atoms with Crippen molar-refractivity contribution in [2.75, 3.05) is 0 Å². The van der Waals surface area contributed by atoms with Gasteiger partial charge in [-0.05, 0) is 29.7 Å². The normalized spacial score (nSPS) is 12.0. The molecule has 0 amide bonds. The van der Waals surface area contributed by atoms with E-state index in [0.717, 1.165) is 28.7 Å². The second kappa shape index (κ2) is 6.57. The monoisotopic (exact) mass is 304 g/mol. The first-order chi connectivity index (χ1) is 11.2. The maximum atomic E-state index is 10.8. The Labute approximate surface area is 136 Å². The Bertz CT molecular complexity index is 777. The molecular formula is C21H20O2. The Hall–Kier alpha value is -2.74. The van der Waals surface area contributed by atoms with Gasteiger partial charge in [0.15, 0.2) is 0 Å². The zero-order valence-electron chi connectivity index (χ0n) is 13.1. The molecule has 0 radical (unpaired) electrons. The van der Waals surface area contributed by atoms with Crippen molar-refractivity contribution in [1.29, 1.82) is 0 Å². The second-order valence-corrected chi connectivity index (χ2v) is 5.66. The smallest absolute Gasteiger partial charge is 0.127 e. The van der Waals surface area contributed by atoms with Crippen LogP contribution in [0.15, 0.2) is 72.8 Å². The highest BCUT2D eigenvalue weighted by molar-refractivity contribution is 5.72. The van der Waals surface area contributed by atoms with Gasteiger partial charge in [0.1, 0.15) is 11.5 Å². The molecule has 2 N–H and O–H groups in total. The van der Waals surface area contributed by atoms with Crippen LogP contribution in [0.2, 0.25) is 0 Å². The Kier molecular flexibility index (Phi) is 4.33. The van der Waals surface area contributed by atoms with Crippen molar-refractivity contribution >= 4 is 0 Å². The minimum atomic E-state index is 0.0965. The Balaban J connectivity index is 2.07. The summed E-state index contributed by atoms with van der Waals surface area (Å²) in [4.78, 5) is 0. The summed E-state index contributed by atoms with van der Waals surface area (Å²) >= 11 is 0. The Morgan fingerprint density at radius 3 is 2.13 bits per heavy atom. The molecule has 0 aromatic heterocycles. The van der Waals surface area contributed by atoms with E-state index >= 15 is 0 Å². The van der Waals surface area contributed by atoms with Gasteiger partial charge in [-0.15, -0.1) is 0 Å². The maximum absolute atomic E-state index is 10.8. The van der Waals surface area contributed by atoms with Crippen LogP contribution in [0.1, 0.15) is 30.4 Å². The number of para-hydroxylation sites is 1. The number of phenols is 2. The molecule has 116 valence electrons. The van der Waals surface area contributed by atoms with Crippen molar-refractivity contribution in [2.24, 2.45) is 0 Å². The number of benzene rings is 3. The summed E-state index contributed by atoms with van der Waals surface area (Å²) in [5, 5.41) is 20.3. The van der Waals surface area contributed by atoms with Crippen molar-refractivity contribution in [3.8, 4) is 22.6 Å². The van der Waals surface area contributed by atoms with Gasteiger partial charge in [-0.1, -0.05) is 67.6 Å². The van der Waals surface area contributed by atoms with Gasteiger partial charge < -0.3 is 10.2 Å². The van der Waals surface area contributed by atoms with Crippen LogP contribution in [0.4, 0.5) is 0 Å². The van der Waals surface area contributed by atoms with Crippen LogP contribution in [0.5, 0.6) is 11.5 Å². The highest BCUT2D eigenvalue weighted by atomic mass is 16.3. The number of hydrogen-bond acceptors (Lipinski definition) is 2. The van der Waals surface area contributed by atoms with Crippen molar-refractivity contribution in [2.45, 2.75) is 19.3 Å². The first kappa shape index (κ1) is 15.2. The zero-order valence-corrected chi connectivity index (χ0v) is 13.1. The first-order valence-electron chi connectivity index (χ1n) is 7.87. The van der Waals surface area contributed by atoms with Crippen molar-refractivity contribution in [3.63, 3.8) is 0 Å². The van der Waals surface area contributed by atoms with Gasteiger partial charge >= 0.3 is 0 Å². The maximum Gasteiger partial charge on any atom is 0.127 e. The minimum absolute atomic E-state index is 0.0965. The first-order valence-corrected chi connectivity index (χ1v) is 7.87. The van der Waals surface area contributed by atoms with Crippen LogP contribution in [-0.2, 0) is 0 Å². The van der Waals surface area contributed by atoms with Gasteiger partial charge in [0.05, 0.1) is 0 Å². The molecule has 3 aromatic rings. The number of rotatable bonds is 4. The third-order valence-electron chi connectivity index (χ3n) is 4.23. The summed E-state index contributed by atoms with van der Waals surface area (Å²) in [7, 11) is 0. The minimum Gasteiger partial charge on any atom is -0.508 e. The molecule has 1 unspecified atom stereocenters. The third kappa shape index (κ3) is 3.07. The molecular weight excluding hydrogens is 284 g/mol. The van der Waals surface area contributed by atoms with Crippen LogP contribution in [0, 0.1) is 0 Å². The second-order valence-electron chi connectivity index (χ2n) is 5.66. The fourth-order valence-electron chi connectivity index (χ4n) is 3.04. The van der Waals surface area contributed by atoms with Crippen LogP contribution in [0.3, 0.4) is 0 Å². The predicted octanol–water partition coefficient (Wildman–Crippen LogP) is 5.31. The Morgan fingerprint density at radius 1 is 0.783 bits per heavy atom. The topological polar surface area (TPSA) is 40.5 Å². The summed E-state index contributed by atoms with van der Waals surface area (Å²) < 4.78 is 0. The molecule has 0 aliphatic rings. The quantitative estimate of drug-likeness (QED) is 0.686. The zero-order chi connectivity index (χ0) is 16.2. The lowest BCUT2D eigenvalue weighted by Gasteiger charge is -2.19. The van der Waals surface area contributed by atoms with Gasteiger partial charge in [-0.3, -0.25) is 0 Å². The standard InChI is InChI=1S/C21H20O2/c1-2-18(16-11-13-17(22)14-12-16)20-10-6-9-19(21(20)23)15-7-4-3-5-8-15/h3-14,18,22-23H,2H2,1H3. The van der Waals surface area contributed by atoms with E-state index in [9.17, 15) is 10.2 Å². The fourth-order valence-corrected chi connectivity index (χ4v) is 3.04. The molecule has 0 heterocycles. The van der Waals surface area contributed by atoms with Gasteiger partial charge in [0.2, 0.25) is 0 Å². The van der Waals surface area contributed by atoms with Gasteiger partial charge in [-0.25, -0.2) is 0 Å². The Morgan fingerprint density at radius 2 is 1.48 bits per heavy atom. The fraction of sp³-hybridized carbons (Fsp3) is 0.143. The van der Waals surface area contributed by atoms with Gasteiger partial charge in [0, 0.05) is 17.0 Å². The van der Waals surface area contributed by atoms with E-state index < -0.39 is 0 Å². The number of phenolic OH excluding ortho intramolecular Hbond substituents is 2. The molecule has 0 aliphatic heterocycles. The lowest BCUT2D eigenvalue weighted by Crippen LogP contribution is -2.00. The number of hydrogen-bond donors (Lipinski definition) is 2. The van der Waals surface area contributed by atoms with Crippen molar-refractivity contribution in [1.82, 2.24) is 0 Å². The summed E-state index contributed by atoms with van der Waals surface area (Å²) in [5.74, 6) is 0.684. The lowest BCUT2D eigenvalue weighted by atomic mass is 9.86. The molecule has 0 saturated heterocycles. The van der Waals surface area contributed by atoms with E-state index in [1.54, 1.807) is 12.1 Å². The molecule has 3 aromatic carbocycles. The predicted molar refractivity (Wildman–Crippen MR) is 93.8 cm³/mol. The van der Waals surface area contributed by atoms with E-state index in [1.165, 1.54) is 0 Å². The van der Waals surface area contributed by atoms with Crippen LogP contribution in [0.25, 0.3) is 11.1 Å². The van der Waals surface area contributed by atoms with Crippen LogP contribution < -0.4 is 0 Å². The summed E-state index contributed by atoms with van der Waals surface area (Å²) in [6, 6.07) is 23.0. The van der Waals surface area contributed by atoms with Crippen molar-refractivity contribution in [3.05, 3.63) is 83.9 Å². The van der Waals surface area contributed by atoms with Crippen molar-refractivity contribution < 1.29 is 10.2 Å². The van der Waals surface area contributed by atoms with E-state index in [-0.39, 0.29) is 11.7 Å². The molecule has 0 bridgehead atoms. The van der Waals surface area contributed by atoms with E-state index in [1.807, 2.05) is 60.7 Å².